The summed E-state index contributed by atoms with van der Waals surface area (Å²) in [5.74, 6) is -2.14. The topological polar surface area (TPSA) is 71.0 Å². The van der Waals surface area contributed by atoms with Gasteiger partial charge >= 0.3 is 0 Å². The predicted octanol–water partition coefficient (Wildman–Crippen LogP) is 6.42. The van der Waals surface area contributed by atoms with Crippen LogP contribution in [0.15, 0.2) is 48.4 Å². The number of carbonyl (C=O) groups excluding carboxylic acids is 1. The Hall–Kier alpha value is -3.10. The van der Waals surface area contributed by atoms with E-state index in [1.54, 1.807) is 12.3 Å². The van der Waals surface area contributed by atoms with Gasteiger partial charge in [0.05, 0.1) is 28.1 Å². The van der Waals surface area contributed by atoms with Gasteiger partial charge in [0.25, 0.3) is 5.91 Å². The van der Waals surface area contributed by atoms with Gasteiger partial charge in [-0.05, 0) is 37.1 Å². The SMILES string of the molecule is CC.CC1=C(c2cnc(NC(=O)c3c(F)cccc3F)cn2)CN(c2ncc(Cl)cc2Cl)CC1. The molecule has 2 aromatic heterocycles. The van der Waals surface area contributed by atoms with Gasteiger partial charge in [0.2, 0.25) is 0 Å². The molecule has 1 aliphatic heterocycles. The summed E-state index contributed by atoms with van der Waals surface area (Å²) in [4.78, 5) is 27.2. The predicted molar refractivity (Wildman–Crippen MR) is 131 cm³/mol. The van der Waals surface area contributed by atoms with Gasteiger partial charge in [0.15, 0.2) is 5.82 Å². The zero-order valence-electron chi connectivity index (χ0n) is 18.9. The molecule has 0 fully saturated rings. The zero-order chi connectivity index (χ0) is 24.8. The maximum absolute atomic E-state index is 13.8. The molecular formula is C24H23Cl2F2N5O. The monoisotopic (exact) mass is 505 g/mol. The summed E-state index contributed by atoms with van der Waals surface area (Å²) in [5.41, 5.74) is 2.04. The normalized spacial score (nSPS) is 13.3. The molecule has 178 valence electrons. The Morgan fingerprint density at radius 2 is 1.76 bits per heavy atom. The quantitative estimate of drug-likeness (QED) is 0.442. The number of rotatable bonds is 4. The molecule has 0 atom stereocenters. The molecule has 1 N–H and O–H groups in total. The first-order valence-corrected chi connectivity index (χ1v) is 11.4. The van der Waals surface area contributed by atoms with Crippen molar-refractivity contribution in [1.29, 1.82) is 0 Å². The zero-order valence-corrected chi connectivity index (χ0v) is 20.4. The molecule has 4 rings (SSSR count). The molecule has 10 heteroatoms. The second kappa shape index (κ2) is 11.4. The van der Waals surface area contributed by atoms with Crippen LogP contribution >= 0.6 is 23.2 Å². The molecule has 0 bridgehead atoms. The molecule has 1 aliphatic rings. The van der Waals surface area contributed by atoms with Crippen molar-refractivity contribution in [2.75, 3.05) is 23.3 Å². The number of hydrogen-bond acceptors (Lipinski definition) is 5. The maximum atomic E-state index is 13.8. The molecule has 1 aromatic carbocycles. The number of nitrogens with one attached hydrogen (secondary N) is 1. The van der Waals surface area contributed by atoms with E-state index >= 15 is 0 Å². The minimum absolute atomic E-state index is 0.0785. The summed E-state index contributed by atoms with van der Waals surface area (Å²) < 4.78 is 27.6. The second-order valence-corrected chi connectivity index (χ2v) is 8.07. The van der Waals surface area contributed by atoms with Crippen molar-refractivity contribution in [2.45, 2.75) is 27.2 Å². The summed E-state index contributed by atoms with van der Waals surface area (Å²) in [6, 6.07) is 4.86. The van der Waals surface area contributed by atoms with E-state index in [1.165, 1.54) is 18.5 Å². The van der Waals surface area contributed by atoms with Gasteiger partial charge in [-0.25, -0.2) is 18.7 Å². The van der Waals surface area contributed by atoms with Gasteiger partial charge in [-0.2, -0.15) is 0 Å². The van der Waals surface area contributed by atoms with Crippen molar-refractivity contribution >= 4 is 46.3 Å². The molecule has 3 heterocycles. The van der Waals surface area contributed by atoms with E-state index in [-0.39, 0.29) is 5.82 Å². The molecule has 0 unspecified atom stereocenters. The van der Waals surface area contributed by atoms with Crippen molar-refractivity contribution in [1.82, 2.24) is 15.0 Å². The van der Waals surface area contributed by atoms with E-state index in [2.05, 4.69) is 20.3 Å². The summed E-state index contributed by atoms with van der Waals surface area (Å²) >= 11 is 12.3. The second-order valence-electron chi connectivity index (χ2n) is 7.23. The molecule has 0 saturated carbocycles. The van der Waals surface area contributed by atoms with Crippen LogP contribution in [0.4, 0.5) is 20.4 Å². The van der Waals surface area contributed by atoms with Crippen LogP contribution in [0.1, 0.15) is 43.2 Å². The average Bonchev–Trinajstić information content (AvgIpc) is 2.81. The molecular weight excluding hydrogens is 483 g/mol. The Bertz CT molecular complexity index is 1200. The van der Waals surface area contributed by atoms with Gasteiger partial charge < -0.3 is 10.2 Å². The first kappa shape index (κ1) is 25.5. The summed E-state index contributed by atoms with van der Waals surface area (Å²) in [6.07, 6.45) is 5.18. The van der Waals surface area contributed by atoms with E-state index in [4.69, 9.17) is 23.2 Å². The summed E-state index contributed by atoms with van der Waals surface area (Å²) in [7, 11) is 0. The highest BCUT2D eigenvalue weighted by Crippen LogP contribution is 2.32. The Labute approximate surface area is 206 Å². The largest absolute Gasteiger partial charge is 0.351 e. The number of aromatic nitrogens is 3. The fraction of sp³-hybridized carbons (Fsp3) is 0.250. The van der Waals surface area contributed by atoms with Crippen LogP contribution in [0.3, 0.4) is 0 Å². The number of halogens is 4. The minimum atomic E-state index is -0.954. The lowest BCUT2D eigenvalue weighted by Crippen LogP contribution is -2.32. The van der Waals surface area contributed by atoms with Crippen LogP contribution in [-0.2, 0) is 0 Å². The molecule has 34 heavy (non-hydrogen) atoms. The van der Waals surface area contributed by atoms with E-state index in [0.29, 0.717) is 28.1 Å². The third-order valence-electron chi connectivity index (χ3n) is 5.10. The third kappa shape index (κ3) is 5.69. The average molecular weight is 506 g/mol. The molecule has 3 aromatic rings. The van der Waals surface area contributed by atoms with Crippen LogP contribution in [0, 0.1) is 11.6 Å². The van der Waals surface area contributed by atoms with Crippen LogP contribution in [0.5, 0.6) is 0 Å². The fourth-order valence-electron chi connectivity index (χ4n) is 3.42. The molecule has 1 amide bonds. The summed E-state index contributed by atoms with van der Waals surface area (Å²) in [5, 5.41) is 3.29. The highest BCUT2D eigenvalue weighted by molar-refractivity contribution is 6.36. The number of pyridine rings is 1. The lowest BCUT2D eigenvalue weighted by molar-refractivity contribution is 0.101. The number of nitrogens with zero attached hydrogens (tertiary/aromatic N) is 4. The van der Waals surface area contributed by atoms with Crippen LogP contribution in [0.25, 0.3) is 5.57 Å². The lowest BCUT2D eigenvalue weighted by atomic mass is 9.99. The number of benzene rings is 1. The van der Waals surface area contributed by atoms with Crippen molar-refractivity contribution in [3.05, 3.63) is 81.4 Å². The first-order valence-electron chi connectivity index (χ1n) is 10.7. The highest BCUT2D eigenvalue weighted by Gasteiger charge is 2.22. The van der Waals surface area contributed by atoms with Gasteiger partial charge in [0.1, 0.15) is 23.0 Å². The highest BCUT2D eigenvalue weighted by atomic mass is 35.5. The first-order chi connectivity index (χ1) is 16.3. The Balaban J connectivity index is 0.00000158. The number of amides is 1. The van der Waals surface area contributed by atoms with Crippen molar-refractivity contribution < 1.29 is 13.6 Å². The number of carbonyl (C=O) groups is 1. The fourth-order valence-corrected chi connectivity index (χ4v) is 3.92. The Kier molecular flexibility index (Phi) is 8.52. The van der Waals surface area contributed by atoms with E-state index in [1.807, 2.05) is 25.7 Å². The van der Waals surface area contributed by atoms with Crippen molar-refractivity contribution in [2.24, 2.45) is 0 Å². The van der Waals surface area contributed by atoms with E-state index < -0.39 is 23.1 Å². The standard InChI is InChI=1S/C22H17Cl2F2N5O.C2H6/c1-12-5-6-31(21-15(24)7-13(23)8-29-21)11-14(12)18-9-28-19(10-27-18)30-22(32)20-16(25)3-2-4-17(20)26;1-2/h2-4,7-10H,5-6,11H2,1H3,(H,28,30,32);1-2H3. The van der Waals surface area contributed by atoms with Gasteiger partial charge in [-0.15, -0.1) is 0 Å². The van der Waals surface area contributed by atoms with Crippen molar-refractivity contribution in [3.63, 3.8) is 0 Å². The van der Waals surface area contributed by atoms with Crippen molar-refractivity contribution in [3.8, 4) is 0 Å². The van der Waals surface area contributed by atoms with Gasteiger partial charge in [0, 0.05) is 19.3 Å². The van der Waals surface area contributed by atoms with Gasteiger partial charge in [-0.3, -0.25) is 9.78 Å². The molecule has 0 radical (unpaired) electrons. The summed E-state index contributed by atoms with van der Waals surface area (Å²) in [6.45, 7) is 7.27. The van der Waals surface area contributed by atoms with Crippen LogP contribution in [-0.4, -0.2) is 33.9 Å². The molecule has 0 aliphatic carbocycles. The third-order valence-corrected chi connectivity index (χ3v) is 5.59. The molecule has 0 spiro atoms. The molecule has 6 nitrogen and oxygen atoms in total. The number of anilines is 2. The minimum Gasteiger partial charge on any atom is -0.351 e. The van der Waals surface area contributed by atoms with Crippen LogP contribution in [0.2, 0.25) is 10.0 Å². The van der Waals surface area contributed by atoms with Crippen LogP contribution < -0.4 is 10.2 Å². The van der Waals surface area contributed by atoms with Gasteiger partial charge in [-0.1, -0.05) is 48.7 Å². The smallest absolute Gasteiger partial charge is 0.262 e. The lowest BCUT2D eigenvalue weighted by Gasteiger charge is -2.31. The van der Waals surface area contributed by atoms with E-state index in [9.17, 15) is 13.6 Å². The number of hydrogen-bond donors (Lipinski definition) is 1. The molecule has 0 saturated heterocycles. The Morgan fingerprint density at radius 3 is 2.38 bits per heavy atom. The van der Waals surface area contributed by atoms with E-state index in [0.717, 1.165) is 36.2 Å². The maximum Gasteiger partial charge on any atom is 0.262 e. The Morgan fingerprint density at radius 1 is 1.06 bits per heavy atom.